The fourth-order valence-electron chi connectivity index (χ4n) is 4.28. The van der Waals surface area contributed by atoms with E-state index >= 15 is 0 Å². The number of benzene rings is 2. The summed E-state index contributed by atoms with van der Waals surface area (Å²) in [5.41, 5.74) is 3.25. The summed E-state index contributed by atoms with van der Waals surface area (Å²) in [7, 11) is 2.01. The lowest BCUT2D eigenvalue weighted by Gasteiger charge is -2.36. The molecule has 0 aliphatic carbocycles. The fraction of sp³-hybridized carbons (Fsp3) is 0.423. The Hall–Kier alpha value is -3.35. The minimum absolute atomic E-state index is 0.0256. The summed E-state index contributed by atoms with van der Waals surface area (Å²) in [6.07, 6.45) is 1.36. The van der Waals surface area contributed by atoms with Gasteiger partial charge in [0.25, 0.3) is 0 Å². The van der Waals surface area contributed by atoms with Crippen LogP contribution < -0.4 is 18.9 Å². The number of unbranched alkanes of at least 4 members (excludes halogenated alkanes) is 1. The largest absolute Gasteiger partial charge is 0.491 e. The summed E-state index contributed by atoms with van der Waals surface area (Å²) >= 11 is 0. The second-order valence-corrected chi connectivity index (χ2v) is 8.65. The van der Waals surface area contributed by atoms with Gasteiger partial charge in [-0.2, -0.15) is 0 Å². The molecule has 0 fully saturated rings. The molecule has 0 spiro atoms. The third-order valence-electron chi connectivity index (χ3n) is 5.71. The highest BCUT2D eigenvalue weighted by Gasteiger charge is 2.34. The van der Waals surface area contributed by atoms with Crippen LogP contribution in [0.4, 0.5) is 0 Å². The first-order valence-electron chi connectivity index (χ1n) is 11.4. The van der Waals surface area contributed by atoms with Crippen molar-refractivity contribution in [2.45, 2.75) is 52.2 Å². The maximum Gasteiger partial charge on any atom is 0.307 e. The summed E-state index contributed by atoms with van der Waals surface area (Å²) in [5, 5.41) is 9.80. The van der Waals surface area contributed by atoms with Crippen molar-refractivity contribution >= 4 is 11.7 Å². The molecule has 1 unspecified atom stereocenters. The second-order valence-electron chi connectivity index (χ2n) is 8.65. The lowest BCUT2D eigenvalue weighted by atomic mass is 9.90. The summed E-state index contributed by atoms with van der Waals surface area (Å²) in [5.74, 6) is 1.83. The van der Waals surface area contributed by atoms with Crippen molar-refractivity contribution in [2.75, 3.05) is 20.4 Å². The van der Waals surface area contributed by atoms with Gasteiger partial charge >= 0.3 is 5.97 Å². The second kappa shape index (κ2) is 9.65. The summed E-state index contributed by atoms with van der Waals surface area (Å²) in [6.45, 7) is 7.08. The molecular formula is C26H31NO6. The fourth-order valence-corrected chi connectivity index (χ4v) is 4.28. The molecule has 0 aromatic heterocycles. The molecule has 1 atom stereocenters. The van der Waals surface area contributed by atoms with Gasteiger partial charge in [0.15, 0.2) is 11.5 Å². The van der Waals surface area contributed by atoms with Gasteiger partial charge in [-0.3, -0.25) is 4.79 Å². The number of hydrogen-bond acceptors (Lipinski definition) is 6. The van der Waals surface area contributed by atoms with E-state index < -0.39 is 12.1 Å². The van der Waals surface area contributed by atoms with Crippen LogP contribution in [0.5, 0.6) is 23.0 Å². The molecule has 2 aromatic rings. The minimum Gasteiger partial charge on any atom is -0.491 e. The molecule has 2 aliphatic rings. The number of carboxylic acids is 1. The van der Waals surface area contributed by atoms with E-state index in [1.807, 2.05) is 57.3 Å². The number of rotatable bonds is 9. The molecule has 0 amide bonds. The number of carbonyl (C=O) groups is 1. The van der Waals surface area contributed by atoms with Crippen LogP contribution in [-0.2, 0) is 4.79 Å². The van der Waals surface area contributed by atoms with Gasteiger partial charge in [-0.25, -0.2) is 0 Å². The van der Waals surface area contributed by atoms with Crippen LogP contribution in [0.3, 0.4) is 0 Å². The van der Waals surface area contributed by atoms with Crippen LogP contribution in [0.2, 0.25) is 0 Å². The maximum atomic E-state index is 12.0. The third-order valence-corrected chi connectivity index (χ3v) is 5.71. The highest BCUT2D eigenvalue weighted by Crippen LogP contribution is 2.47. The molecular weight excluding hydrogens is 422 g/mol. The SMILES string of the molecule is CCCCN(C)C1=C(CC(=O)O)C(c2ccc3c(c2)OCO3)Oc2ccc(OC(C)C)cc21. The van der Waals surface area contributed by atoms with Crippen molar-refractivity contribution in [3.63, 3.8) is 0 Å². The van der Waals surface area contributed by atoms with Crippen LogP contribution in [0.25, 0.3) is 5.70 Å². The average molecular weight is 454 g/mol. The van der Waals surface area contributed by atoms with Crippen molar-refractivity contribution in [1.29, 1.82) is 0 Å². The molecule has 0 bridgehead atoms. The molecule has 4 rings (SSSR count). The molecule has 1 N–H and O–H groups in total. The van der Waals surface area contributed by atoms with Crippen LogP contribution in [-0.4, -0.2) is 42.5 Å². The highest BCUT2D eigenvalue weighted by atomic mass is 16.7. The first-order valence-corrected chi connectivity index (χ1v) is 11.4. The average Bonchev–Trinajstić information content (AvgIpc) is 3.24. The quantitative estimate of drug-likeness (QED) is 0.555. The first kappa shape index (κ1) is 22.8. The van der Waals surface area contributed by atoms with Gasteiger partial charge in [0, 0.05) is 30.3 Å². The van der Waals surface area contributed by atoms with Crippen molar-refractivity contribution in [3.8, 4) is 23.0 Å². The normalized spacial score (nSPS) is 16.5. The Labute approximate surface area is 194 Å². The van der Waals surface area contributed by atoms with E-state index in [9.17, 15) is 9.90 Å². The van der Waals surface area contributed by atoms with E-state index in [0.29, 0.717) is 22.8 Å². The number of aliphatic carboxylic acids is 1. The molecule has 0 radical (unpaired) electrons. The standard InChI is InChI=1S/C26H31NO6/c1-5-6-11-27(4)25-19-13-18(32-16(2)3)8-10-21(19)33-26(20(25)14-24(28)29)17-7-9-22-23(12-17)31-15-30-22/h7-10,12-13,16,26H,5-6,11,14-15H2,1-4H3,(H,28,29). The van der Waals surface area contributed by atoms with Crippen molar-refractivity contribution < 1.29 is 28.8 Å². The van der Waals surface area contributed by atoms with Crippen LogP contribution >= 0.6 is 0 Å². The van der Waals surface area contributed by atoms with E-state index in [-0.39, 0.29) is 19.3 Å². The molecule has 33 heavy (non-hydrogen) atoms. The smallest absolute Gasteiger partial charge is 0.307 e. The molecule has 2 aromatic carbocycles. The Balaban J connectivity index is 1.86. The van der Waals surface area contributed by atoms with Gasteiger partial charge in [-0.05, 0) is 50.6 Å². The van der Waals surface area contributed by atoms with Gasteiger partial charge in [-0.15, -0.1) is 0 Å². The number of hydrogen-bond donors (Lipinski definition) is 1. The lowest BCUT2D eigenvalue weighted by molar-refractivity contribution is -0.136. The summed E-state index contributed by atoms with van der Waals surface area (Å²) in [6, 6.07) is 11.4. The van der Waals surface area contributed by atoms with Gasteiger partial charge in [0.05, 0.1) is 18.2 Å². The van der Waals surface area contributed by atoms with E-state index in [4.69, 9.17) is 18.9 Å². The van der Waals surface area contributed by atoms with Crippen LogP contribution in [0, 0.1) is 0 Å². The van der Waals surface area contributed by atoms with Gasteiger partial charge in [-0.1, -0.05) is 19.4 Å². The predicted octanol–water partition coefficient (Wildman–Crippen LogP) is 5.25. The van der Waals surface area contributed by atoms with Gasteiger partial charge in [0.2, 0.25) is 6.79 Å². The topological polar surface area (TPSA) is 77.5 Å². The van der Waals surface area contributed by atoms with E-state index in [1.165, 1.54) is 0 Å². The van der Waals surface area contributed by atoms with E-state index in [0.717, 1.165) is 42.0 Å². The molecule has 0 saturated carbocycles. The Bertz CT molecular complexity index is 1060. The third kappa shape index (κ3) is 4.87. The Kier molecular flexibility index (Phi) is 6.67. The zero-order valence-corrected chi connectivity index (χ0v) is 19.6. The van der Waals surface area contributed by atoms with Crippen LogP contribution in [0.1, 0.15) is 57.3 Å². The minimum atomic E-state index is -0.904. The van der Waals surface area contributed by atoms with Crippen molar-refractivity contribution in [1.82, 2.24) is 4.90 Å². The molecule has 176 valence electrons. The maximum absolute atomic E-state index is 12.0. The predicted molar refractivity (Wildman–Crippen MR) is 125 cm³/mol. The zero-order chi connectivity index (χ0) is 23.5. The van der Waals surface area contributed by atoms with Crippen molar-refractivity contribution in [3.05, 3.63) is 53.1 Å². The monoisotopic (exact) mass is 453 g/mol. The van der Waals surface area contributed by atoms with Gasteiger partial charge in [0.1, 0.15) is 17.6 Å². The summed E-state index contributed by atoms with van der Waals surface area (Å²) in [4.78, 5) is 14.1. The molecule has 7 nitrogen and oxygen atoms in total. The Morgan fingerprint density at radius 1 is 1.15 bits per heavy atom. The molecule has 2 aliphatic heterocycles. The zero-order valence-electron chi connectivity index (χ0n) is 19.6. The van der Waals surface area contributed by atoms with Crippen LogP contribution in [0.15, 0.2) is 42.0 Å². The lowest BCUT2D eigenvalue weighted by Crippen LogP contribution is -2.28. The Morgan fingerprint density at radius 2 is 1.91 bits per heavy atom. The van der Waals surface area contributed by atoms with Gasteiger partial charge < -0.3 is 29.0 Å². The highest BCUT2D eigenvalue weighted by molar-refractivity contribution is 5.81. The number of nitrogens with zero attached hydrogens (tertiary/aromatic N) is 1. The van der Waals surface area contributed by atoms with E-state index in [1.54, 1.807) is 0 Å². The first-order chi connectivity index (χ1) is 15.9. The summed E-state index contributed by atoms with van der Waals surface area (Å²) < 4.78 is 23.4. The number of carboxylic acid groups (broad SMARTS) is 1. The molecule has 2 heterocycles. The number of ether oxygens (including phenoxy) is 4. The number of fused-ring (bicyclic) bond motifs is 2. The molecule has 0 saturated heterocycles. The van der Waals surface area contributed by atoms with E-state index in [2.05, 4.69) is 11.8 Å². The molecule has 7 heteroatoms. The Morgan fingerprint density at radius 3 is 2.64 bits per heavy atom. The van der Waals surface area contributed by atoms with Crippen molar-refractivity contribution in [2.24, 2.45) is 0 Å².